The van der Waals surface area contributed by atoms with Crippen molar-refractivity contribution in [2.24, 2.45) is 0 Å². The Kier molecular flexibility index (Phi) is 3.44. The molecule has 0 spiro atoms. The maximum atomic E-state index is 6.00. The Balaban J connectivity index is 1.90. The predicted molar refractivity (Wildman–Crippen MR) is 94.7 cm³/mol. The smallest absolute Gasteiger partial charge is 0.128 e. The van der Waals surface area contributed by atoms with Crippen molar-refractivity contribution >= 4 is 18.5 Å². The first-order valence-electron chi connectivity index (χ1n) is 7.49. The number of hydrogen-bond donors (Lipinski definition) is 0. The van der Waals surface area contributed by atoms with E-state index in [0.717, 1.165) is 12.1 Å². The van der Waals surface area contributed by atoms with E-state index in [1.165, 1.54) is 27.3 Å². The van der Waals surface area contributed by atoms with Crippen molar-refractivity contribution in [1.82, 2.24) is 0 Å². The van der Waals surface area contributed by atoms with E-state index in [1.807, 2.05) is 0 Å². The number of rotatable bonds is 2. The van der Waals surface area contributed by atoms with Gasteiger partial charge in [0.15, 0.2) is 0 Å². The summed E-state index contributed by atoms with van der Waals surface area (Å²) in [6.45, 7) is 2.18. The van der Waals surface area contributed by atoms with E-state index in [1.54, 1.807) is 0 Å². The number of fused-ring (bicyclic) bond motifs is 1. The monoisotopic (exact) mass is 304 g/mol. The van der Waals surface area contributed by atoms with E-state index in [9.17, 15) is 0 Å². The van der Waals surface area contributed by atoms with Crippen LogP contribution in [0, 0.1) is 6.92 Å². The summed E-state index contributed by atoms with van der Waals surface area (Å²) in [7, 11) is -0.435. The summed E-state index contributed by atoms with van der Waals surface area (Å²) < 4.78 is 6.00. The second-order valence-corrected chi connectivity index (χ2v) is 7.58. The number of aryl methyl sites for hydroxylation is 1. The van der Waals surface area contributed by atoms with Crippen LogP contribution in [-0.2, 0) is 0 Å². The normalized spacial score (nSPS) is 16.1. The molecule has 0 unspecified atom stereocenters. The van der Waals surface area contributed by atoms with Gasteiger partial charge in [0, 0.05) is 5.30 Å². The first-order chi connectivity index (χ1) is 10.8. The van der Waals surface area contributed by atoms with Crippen LogP contribution >= 0.6 is 7.92 Å². The molecule has 0 fully saturated rings. The third-order valence-electron chi connectivity index (χ3n) is 4.12. The van der Waals surface area contributed by atoms with Crippen molar-refractivity contribution in [1.29, 1.82) is 0 Å². The standard InChI is InChI=1S/C20H17OP/c1-15-8-5-6-11-17(15)18-12-7-13-19-20(18)22(14-21-19)16-9-3-2-4-10-16/h2-13H,14H2,1H3/t22-/m0/s1. The fourth-order valence-electron chi connectivity index (χ4n) is 3.02. The molecule has 0 bridgehead atoms. The Hall–Kier alpha value is -2.11. The summed E-state index contributed by atoms with van der Waals surface area (Å²) in [6, 6.07) is 25.8. The largest absolute Gasteiger partial charge is 0.488 e. The van der Waals surface area contributed by atoms with Crippen LogP contribution in [-0.4, -0.2) is 6.35 Å². The molecule has 1 heterocycles. The lowest BCUT2D eigenvalue weighted by Crippen LogP contribution is -2.11. The van der Waals surface area contributed by atoms with E-state index in [4.69, 9.17) is 4.74 Å². The van der Waals surface area contributed by atoms with Gasteiger partial charge in [0.25, 0.3) is 0 Å². The Bertz CT molecular complexity index is 811. The lowest BCUT2D eigenvalue weighted by molar-refractivity contribution is 0.403. The molecule has 0 aliphatic carbocycles. The highest BCUT2D eigenvalue weighted by Crippen LogP contribution is 2.46. The average Bonchev–Trinajstić information content (AvgIpc) is 3.00. The van der Waals surface area contributed by atoms with Crippen molar-refractivity contribution in [3.63, 3.8) is 0 Å². The van der Waals surface area contributed by atoms with Crippen LogP contribution in [0.5, 0.6) is 5.75 Å². The molecule has 0 radical (unpaired) electrons. The van der Waals surface area contributed by atoms with Gasteiger partial charge in [-0.05, 0) is 42.9 Å². The SMILES string of the molecule is Cc1ccccc1-c1cccc2c1[P@](c1ccccc1)CO2. The lowest BCUT2D eigenvalue weighted by atomic mass is 10.0. The summed E-state index contributed by atoms with van der Waals surface area (Å²) in [5.41, 5.74) is 3.95. The van der Waals surface area contributed by atoms with Crippen molar-refractivity contribution in [2.75, 3.05) is 6.35 Å². The van der Waals surface area contributed by atoms with Gasteiger partial charge in [-0.1, -0.05) is 66.7 Å². The molecule has 2 heteroatoms. The van der Waals surface area contributed by atoms with Gasteiger partial charge in [-0.15, -0.1) is 0 Å². The van der Waals surface area contributed by atoms with Crippen LogP contribution in [0.1, 0.15) is 5.56 Å². The first kappa shape index (κ1) is 13.5. The molecule has 4 rings (SSSR count). The highest BCUT2D eigenvalue weighted by atomic mass is 31.1. The summed E-state index contributed by atoms with van der Waals surface area (Å²) in [5, 5.41) is 2.77. The molecule has 0 amide bonds. The van der Waals surface area contributed by atoms with Crippen LogP contribution in [0.15, 0.2) is 72.8 Å². The van der Waals surface area contributed by atoms with Gasteiger partial charge in [-0.3, -0.25) is 0 Å². The number of ether oxygens (including phenoxy) is 1. The zero-order chi connectivity index (χ0) is 14.9. The maximum absolute atomic E-state index is 6.00. The minimum atomic E-state index is -0.435. The third kappa shape index (κ3) is 2.23. The van der Waals surface area contributed by atoms with E-state index < -0.39 is 7.92 Å². The molecule has 0 aromatic heterocycles. The van der Waals surface area contributed by atoms with Crippen molar-refractivity contribution in [3.05, 3.63) is 78.4 Å². The van der Waals surface area contributed by atoms with Crippen LogP contribution in [0.25, 0.3) is 11.1 Å². The molecular formula is C20H17OP. The zero-order valence-corrected chi connectivity index (χ0v) is 13.4. The summed E-state index contributed by atoms with van der Waals surface area (Å²) in [5.74, 6) is 1.05. The Labute approximate surface area is 132 Å². The molecule has 3 aromatic carbocycles. The molecule has 22 heavy (non-hydrogen) atoms. The van der Waals surface area contributed by atoms with Gasteiger partial charge >= 0.3 is 0 Å². The molecule has 1 nitrogen and oxygen atoms in total. The second-order valence-electron chi connectivity index (χ2n) is 5.50. The van der Waals surface area contributed by atoms with Crippen molar-refractivity contribution in [2.45, 2.75) is 6.92 Å². The van der Waals surface area contributed by atoms with Crippen LogP contribution in [0.2, 0.25) is 0 Å². The van der Waals surface area contributed by atoms with E-state index in [2.05, 4.69) is 79.7 Å². The van der Waals surface area contributed by atoms with Gasteiger partial charge < -0.3 is 4.74 Å². The topological polar surface area (TPSA) is 9.23 Å². The Morgan fingerprint density at radius 1 is 0.773 bits per heavy atom. The molecule has 3 aromatic rings. The predicted octanol–water partition coefficient (Wildman–Crippen LogP) is 4.44. The first-order valence-corrected chi connectivity index (χ1v) is 9.02. The van der Waals surface area contributed by atoms with E-state index in [0.29, 0.717) is 0 Å². The fourth-order valence-corrected chi connectivity index (χ4v) is 5.25. The van der Waals surface area contributed by atoms with Gasteiger partial charge in [0.2, 0.25) is 0 Å². The molecule has 0 saturated heterocycles. The Morgan fingerprint density at radius 2 is 1.50 bits per heavy atom. The van der Waals surface area contributed by atoms with Gasteiger partial charge in [-0.2, -0.15) is 0 Å². The third-order valence-corrected chi connectivity index (χ3v) is 6.43. The highest BCUT2D eigenvalue weighted by Gasteiger charge is 2.28. The molecule has 1 atom stereocenters. The summed E-state index contributed by atoms with van der Waals surface area (Å²) in [4.78, 5) is 0. The fraction of sp³-hybridized carbons (Fsp3) is 0.100. The minimum Gasteiger partial charge on any atom is -0.488 e. The van der Waals surface area contributed by atoms with Crippen LogP contribution in [0.4, 0.5) is 0 Å². The maximum Gasteiger partial charge on any atom is 0.128 e. The van der Waals surface area contributed by atoms with Gasteiger partial charge in [0.1, 0.15) is 12.1 Å². The molecule has 0 N–H and O–H groups in total. The zero-order valence-electron chi connectivity index (χ0n) is 12.5. The molecule has 1 aliphatic heterocycles. The summed E-state index contributed by atoms with van der Waals surface area (Å²) >= 11 is 0. The highest BCUT2D eigenvalue weighted by molar-refractivity contribution is 7.73. The van der Waals surface area contributed by atoms with Crippen molar-refractivity contribution < 1.29 is 4.74 Å². The quantitative estimate of drug-likeness (QED) is 0.636. The van der Waals surface area contributed by atoms with Crippen LogP contribution < -0.4 is 15.3 Å². The number of hydrogen-bond acceptors (Lipinski definition) is 1. The lowest BCUT2D eigenvalue weighted by Gasteiger charge is -2.15. The van der Waals surface area contributed by atoms with Gasteiger partial charge in [0.05, 0.1) is 0 Å². The van der Waals surface area contributed by atoms with Gasteiger partial charge in [-0.25, -0.2) is 0 Å². The molecule has 1 aliphatic rings. The van der Waals surface area contributed by atoms with E-state index >= 15 is 0 Å². The molecule has 0 saturated carbocycles. The minimum absolute atomic E-state index is 0.435. The Morgan fingerprint density at radius 3 is 2.32 bits per heavy atom. The van der Waals surface area contributed by atoms with Crippen molar-refractivity contribution in [3.8, 4) is 16.9 Å². The second kappa shape index (κ2) is 5.59. The molecular weight excluding hydrogens is 287 g/mol. The van der Waals surface area contributed by atoms with E-state index in [-0.39, 0.29) is 0 Å². The molecule has 108 valence electrons. The number of benzene rings is 3. The van der Waals surface area contributed by atoms with Crippen LogP contribution in [0.3, 0.4) is 0 Å². The summed E-state index contributed by atoms with van der Waals surface area (Å²) in [6.07, 6.45) is 0.789. The average molecular weight is 304 g/mol.